The summed E-state index contributed by atoms with van der Waals surface area (Å²) in [5.41, 5.74) is 1.25. The number of hydrogen-bond donors (Lipinski definition) is 0. The molecule has 14 heavy (non-hydrogen) atoms. The van der Waals surface area contributed by atoms with Crippen LogP contribution in [-0.2, 0) is 0 Å². The molecular weight excluding hydrogens is 279 g/mol. The molecular formula is C7H6B5IN-. The van der Waals surface area contributed by atoms with E-state index in [9.17, 15) is 0 Å². The Morgan fingerprint density at radius 2 is 2.14 bits per heavy atom. The Bertz CT molecular complexity index is 356. The Morgan fingerprint density at radius 3 is 2.86 bits per heavy atom. The number of pyridine rings is 1. The average molecular weight is 285 g/mol. The van der Waals surface area contributed by atoms with E-state index in [0.29, 0.717) is 0 Å². The van der Waals surface area contributed by atoms with Gasteiger partial charge in [0.1, 0.15) is 0 Å². The Hall–Kier alpha value is 0.0747. The molecule has 0 spiro atoms. The molecule has 1 aromatic rings. The van der Waals surface area contributed by atoms with Crippen LogP contribution in [-0.4, -0.2) is 43.5 Å². The molecule has 2 heterocycles. The summed E-state index contributed by atoms with van der Waals surface area (Å²) in [5, 5.41) is 0. The van der Waals surface area contributed by atoms with Crippen molar-refractivity contribution in [2.75, 3.05) is 0 Å². The van der Waals surface area contributed by atoms with Crippen molar-refractivity contribution < 1.29 is 21.2 Å². The summed E-state index contributed by atoms with van der Waals surface area (Å²) in [6.07, 6.45) is 3.88. The van der Waals surface area contributed by atoms with Crippen molar-refractivity contribution in [1.82, 2.24) is 4.98 Å². The molecule has 62 valence electrons. The van der Waals surface area contributed by atoms with Gasteiger partial charge in [-0.25, -0.2) is 0 Å². The second-order valence-electron chi connectivity index (χ2n) is 3.07. The second-order valence-corrected chi connectivity index (χ2v) is 6.10. The number of hydrogen-bond acceptors (Lipinski definition) is 1. The van der Waals surface area contributed by atoms with E-state index in [1.165, 1.54) is 12.5 Å². The van der Waals surface area contributed by atoms with Gasteiger partial charge in [-0.1, -0.05) is 0 Å². The van der Waals surface area contributed by atoms with Crippen molar-refractivity contribution in [2.24, 2.45) is 0 Å². The van der Waals surface area contributed by atoms with Gasteiger partial charge in [0.05, 0.1) is 0 Å². The third-order valence-corrected chi connectivity index (χ3v) is 4.35. The normalized spacial score (nSPS) is 13.9. The minimum absolute atomic E-state index is 0.0506. The molecule has 0 amide bonds. The number of rotatable bonds is 2. The second kappa shape index (κ2) is 5.24. The quantitative estimate of drug-likeness (QED) is 0.398. The number of aromatic nitrogens is 1. The maximum atomic E-state index is 4.21. The molecule has 0 saturated carbocycles. The summed E-state index contributed by atoms with van der Waals surface area (Å²) >= 11 is -0.0506. The predicted molar refractivity (Wildman–Crippen MR) is 61.4 cm³/mol. The zero-order valence-corrected chi connectivity index (χ0v) is 10.1. The van der Waals surface area contributed by atoms with Crippen LogP contribution >= 0.6 is 0 Å². The van der Waals surface area contributed by atoms with Gasteiger partial charge in [0.15, 0.2) is 0 Å². The molecule has 1 aliphatic heterocycles. The van der Waals surface area contributed by atoms with Gasteiger partial charge in [-0.05, 0) is 0 Å². The van der Waals surface area contributed by atoms with Crippen LogP contribution in [0.15, 0.2) is 18.5 Å². The van der Waals surface area contributed by atoms with Crippen molar-refractivity contribution in [3.63, 3.8) is 0 Å². The molecule has 0 unspecified atom stereocenters. The molecule has 0 fully saturated rings. The zero-order chi connectivity index (χ0) is 9.80. The first kappa shape index (κ1) is 10.6. The van der Waals surface area contributed by atoms with Crippen LogP contribution in [0.4, 0.5) is 0 Å². The fraction of sp³-hybridized carbons (Fsp3) is 0.143. The molecule has 0 atom stereocenters. The van der Waals surface area contributed by atoms with Crippen molar-refractivity contribution in [1.29, 1.82) is 0 Å². The van der Waals surface area contributed by atoms with Gasteiger partial charge in [0.2, 0.25) is 0 Å². The van der Waals surface area contributed by atoms with E-state index in [4.69, 9.17) is 0 Å². The Morgan fingerprint density at radius 1 is 1.21 bits per heavy atom. The van der Waals surface area contributed by atoms with Crippen LogP contribution < -0.4 is 21.2 Å². The molecule has 1 nitrogen and oxygen atoms in total. The Labute approximate surface area is 98.9 Å². The van der Waals surface area contributed by atoms with Crippen LogP contribution in [0.3, 0.4) is 0 Å². The van der Waals surface area contributed by atoms with Gasteiger partial charge < -0.3 is 0 Å². The predicted octanol–water partition coefficient (Wildman–Crippen LogP) is -4.07. The molecule has 7 heteroatoms. The maximum absolute atomic E-state index is 4.21. The van der Waals surface area contributed by atoms with Crippen LogP contribution in [0.1, 0.15) is 5.56 Å². The zero-order valence-electron chi connectivity index (χ0n) is 7.94. The van der Waals surface area contributed by atoms with Crippen molar-refractivity contribution >= 4 is 38.5 Å². The van der Waals surface area contributed by atoms with E-state index < -0.39 is 0 Å². The molecule has 4 radical (unpaired) electrons. The Kier molecular flexibility index (Phi) is 3.96. The van der Waals surface area contributed by atoms with Crippen molar-refractivity contribution in [2.45, 2.75) is 6.92 Å². The molecule has 0 bridgehead atoms. The van der Waals surface area contributed by atoms with Crippen LogP contribution in [0.2, 0.25) is 0 Å². The monoisotopic (exact) mass is 286 g/mol. The van der Waals surface area contributed by atoms with Gasteiger partial charge in [-0.3, -0.25) is 0 Å². The Balaban J connectivity index is 2.06. The van der Waals surface area contributed by atoms with Crippen LogP contribution in [0.5, 0.6) is 0 Å². The van der Waals surface area contributed by atoms with Gasteiger partial charge >= 0.3 is 99.2 Å². The van der Waals surface area contributed by atoms with Crippen LogP contribution in [0.25, 0.3) is 0 Å². The molecule has 0 N–H and O–H groups in total. The van der Waals surface area contributed by atoms with E-state index in [1.807, 2.05) is 12.4 Å². The number of aryl methyl sites for hydroxylation is 1. The first-order valence-electron chi connectivity index (χ1n) is 4.46. The summed E-state index contributed by atoms with van der Waals surface area (Å²) in [5.74, 6) is 0. The summed E-state index contributed by atoms with van der Waals surface area (Å²) in [6.45, 7) is 4.28. The fourth-order valence-electron chi connectivity index (χ4n) is 1.17. The third-order valence-electron chi connectivity index (χ3n) is 1.79. The number of halogens is 1. The van der Waals surface area contributed by atoms with Gasteiger partial charge in [0.25, 0.3) is 0 Å². The van der Waals surface area contributed by atoms with E-state index in [1.54, 1.807) is 0 Å². The summed E-state index contributed by atoms with van der Waals surface area (Å²) in [7, 11) is 8.44. The average Bonchev–Trinajstić information content (AvgIpc) is 2.19. The third kappa shape index (κ3) is 3.04. The fourth-order valence-corrected chi connectivity index (χ4v) is 3.61. The SMILES string of the molecule is Cc1cncc([I-]C2=B[B][B][B][B]2)c1. The topological polar surface area (TPSA) is 12.9 Å². The molecule has 1 aromatic heterocycles. The van der Waals surface area contributed by atoms with E-state index in [2.05, 4.69) is 53.1 Å². The van der Waals surface area contributed by atoms with Gasteiger partial charge in [-0.2, -0.15) is 0 Å². The molecule has 1 aliphatic rings. The van der Waals surface area contributed by atoms with E-state index >= 15 is 0 Å². The van der Waals surface area contributed by atoms with Crippen molar-refractivity contribution in [3.05, 3.63) is 27.6 Å². The molecule has 0 saturated heterocycles. The molecule has 0 aromatic carbocycles. The molecule has 2 rings (SSSR count). The van der Waals surface area contributed by atoms with E-state index in [-0.39, 0.29) is 21.2 Å². The first-order chi connectivity index (χ1) is 6.84. The van der Waals surface area contributed by atoms with Crippen molar-refractivity contribution in [3.8, 4) is 0 Å². The molecule has 0 aliphatic carbocycles. The van der Waals surface area contributed by atoms with E-state index in [0.717, 1.165) is 0 Å². The summed E-state index contributed by atoms with van der Waals surface area (Å²) in [6, 6.07) is 2.23. The number of nitrogens with zero attached hydrogens (tertiary/aromatic N) is 1. The standard InChI is InChI=1S/C7H6B5IN/c1-5-2-6(4-14-3-5)13-7-8-10-12-11-9-7/h2-4H,1H3/q-1. The minimum atomic E-state index is -0.0506. The first-order valence-corrected chi connectivity index (χ1v) is 6.62. The van der Waals surface area contributed by atoms with Gasteiger partial charge in [0, 0.05) is 0 Å². The summed E-state index contributed by atoms with van der Waals surface area (Å²) in [4.78, 5) is 4.21. The van der Waals surface area contributed by atoms with Crippen LogP contribution in [0, 0.1) is 10.5 Å². The van der Waals surface area contributed by atoms with Gasteiger partial charge in [-0.15, -0.1) is 0 Å². The summed E-state index contributed by atoms with van der Waals surface area (Å²) < 4.78 is 2.83.